The Bertz CT molecular complexity index is 1120. The van der Waals surface area contributed by atoms with Gasteiger partial charge in [0.2, 0.25) is 0 Å². The maximum atomic E-state index is 13.9. The second kappa shape index (κ2) is 16.0. The van der Waals surface area contributed by atoms with Gasteiger partial charge < -0.3 is 20.1 Å². The van der Waals surface area contributed by atoms with E-state index in [1.165, 1.54) is 17.2 Å². The molecule has 3 rings (SSSR count). The Kier molecular flexibility index (Phi) is 12.4. The number of halogens is 1. The number of hydrogen-bond donors (Lipinski definition) is 2. The normalized spacial score (nSPS) is 14.4. The van der Waals surface area contributed by atoms with Crippen molar-refractivity contribution in [2.75, 3.05) is 19.8 Å². The lowest BCUT2D eigenvalue weighted by Gasteiger charge is -2.38. The highest BCUT2D eigenvalue weighted by molar-refractivity contribution is 5.34. The predicted octanol–water partition coefficient (Wildman–Crippen LogP) is 5.43. The molecule has 0 aliphatic carbocycles. The first kappa shape index (κ1) is 29.5. The van der Waals surface area contributed by atoms with Crippen LogP contribution in [-0.2, 0) is 28.9 Å². The second-order valence-electron chi connectivity index (χ2n) is 9.30. The molecule has 4 atom stereocenters. The maximum Gasteiger partial charge on any atom is 0.140 e. The summed E-state index contributed by atoms with van der Waals surface area (Å²) in [5.74, 6) is -0.505. The Hall–Kier alpha value is -3.08. The van der Waals surface area contributed by atoms with E-state index in [0.717, 1.165) is 24.9 Å². The Morgan fingerprint density at radius 2 is 1.26 bits per heavy atom. The second-order valence-corrected chi connectivity index (χ2v) is 9.30. The van der Waals surface area contributed by atoms with Gasteiger partial charge in [-0.15, -0.1) is 0 Å². The van der Waals surface area contributed by atoms with Gasteiger partial charge in [0.25, 0.3) is 0 Å². The molecule has 0 aliphatic heterocycles. The molecular formula is C32H40FN3O2. The molecule has 0 aromatic heterocycles. The maximum absolute atomic E-state index is 13.9. The molecule has 0 radical (unpaired) electrons. The zero-order chi connectivity index (χ0) is 27.2. The van der Waals surface area contributed by atoms with Crippen LogP contribution in [0.15, 0.2) is 78.9 Å². The van der Waals surface area contributed by atoms with Crippen LogP contribution in [0.25, 0.3) is 0 Å². The van der Waals surface area contributed by atoms with E-state index in [0.29, 0.717) is 19.8 Å². The van der Waals surface area contributed by atoms with Crippen LogP contribution in [0.2, 0.25) is 0 Å². The number of ether oxygens (including phenoxy) is 2. The fourth-order valence-electron chi connectivity index (χ4n) is 4.89. The topological polar surface area (TPSA) is 66.3 Å². The van der Waals surface area contributed by atoms with Crippen LogP contribution < -0.4 is 10.6 Å². The smallest absolute Gasteiger partial charge is 0.140 e. The fourth-order valence-corrected chi connectivity index (χ4v) is 4.89. The monoisotopic (exact) mass is 517 g/mol. The van der Waals surface area contributed by atoms with Gasteiger partial charge in [-0.2, -0.15) is 5.26 Å². The van der Waals surface area contributed by atoms with Gasteiger partial charge in [0, 0.05) is 31.8 Å². The third-order valence-corrected chi connectivity index (χ3v) is 6.62. The van der Waals surface area contributed by atoms with E-state index in [1.807, 2.05) is 44.2 Å². The van der Waals surface area contributed by atoms with E-state index in [9.17, 15) is 9.65 Å². The molecular weight excluding hydrogens is 477 g/mol. The molecule has 3 aromatic rings. The number of likely N-dealkylation sites (N-methyl/N-ethyl adjacent to an activating group) is 1. The van der Waals surface area contributed by atoms with Crippen molar-refractivity contribution in [3.05, 3.63) is 107 Å². The molecule has 38 heavy (non-hydrogen) atoms. The first-order valence-electron chi connectivity index (χ1n) is 13.6. The molecule has 0 saturated heterocycles. The quantitative estimate of drug-likeness (QED) is 0.265. The average molecular weight is 518 g/mol. The molecule has 0 aliphatic rings. The Labute approximate surface area is 227 Å². The Morgan fingerprint density at radius 3 is 1.74 bits per heavy atom. The summed E-state index contributed by atoms with van der Waals surface area (Å²) in [6.45, 7) is 8.52. The number of benzene rings is 3. The van der Waals surface area contributed by atoms with Crippen LogP contribution >= 0.6 is 0 Å². The van der Waals surface area contributed by atoms with E-state index in [2.05, 4.69) is 54.0 Å². The summed E-state index contributed by atoms with van der Waals surface area (Å²) in [7, 11) is 0. The molecule has 0 amide bonds. The molecule has 0 spiro atoms. The van der Waals surface area contributed by atoms with Crippen molar-refractivity contribution in [3.8, 4) is 6.07 Å². The Balaban J connectivity index is 1.93. The summed E-state index contributed by atoms with van der Waals surface area (Å²) in [6, 6.07) is 27.3. The zero-order valence-corrected chi connectivity index (χ0v) is 22.7. The molecule has 0 bridgehead atoms. The fraction of sp³-hybridized carbons (Fsp3) is 0.406. The predicted molar refractivity (Wildman–Crippen MR) is 150 cm³/mol. The largest absolute Gasteiger partial charge is 0.374 e. The highest BCUT2D eigenvalue weighted by Gasteiger charge is 2.36. The molecule has 202 valence electrons. The lowest BCUT2D eigenvalue weighted by atomic mass is 9.90. The van der Waals surface area contributed by atoms with Crippen molar-refractivity contribution < 1.29 is 13.9 Å². The number of hydrogen-bond acceptors (Lipinski definition) is 5. The van der Waals surface area contributed by atoms with Gasteiger partial charge in [0.05, 0.1) is 5.56 Å². The molecule has 0 fully saturated rings. The van der Waals surface area contributed by atoms with Crippen LogP contribution in [0.4, 0.5) is 4.39 Å². The summed E-state index contributed by atoms with van der Waals surface area (Å²) in [5, 5.41) is 16.6. The summed E-state index contributed by atoms with van der Waals surface area (Å²) < 4.78 is 26.8. The van der Waals surface area contributed by atoms with Gasteiger partial charge in [-0.1, -0.05) is 73.7 Å². The van der Waals surface area contributed by atoms with E-state index < -0.39 is 5.82 Å². The molecule has 2 N–H and O–H groups in total. The molecule has 5 nitrogen and oxygen atoms in total. The summed E-state index contributed by atoms with van der Waals surface area (Å²) in [5.41, 5.74) is 3.32. The third kappa shape index (κ3) is 8.75. The van der Waals surface area contributed by atoms with Crippen LogP contribution in [0.5, 0.6) is 0 Å². The standard InChI is InChI=1S/C32H40FN3O2/c1-4-35-29(20-24-13-9-7-10-14-24)31(37-5-2)32(38-6-3)30(21-25-15-11-8-12-16-25)36-23-26-17-18-28(33)27(19-26)22-34/h7-19,29-32,35-36H,4-6,20-21,23H2,1-3H3/t29-,30-,31?,32?/m1/s1. The minimum Gasteiger partial charge on any atom is -0.374 e. The van der Waals surface area contributed by atoms with Crippen LogP contribution in [0.3, 0.4) is 0 Å². The van der Waals surface area contributed by atoms with Crippen molar-refractivity contribution in [3.63, 3.8) is 0 Å². The molecule has 0 heterocycles. The van der Waals surface area contributed by atoms with E-state index >= 15 is 0 Å². The Morgan fingerprint density at radius 1 is 0.737 bits per heavy atom. The summed E-state index contributed by atoms with van der Waals surface area (Å²) in [6.07, 6.45) is 1.06. The molecule has 3 aromatic carbocycles. The van der Waals surface area contributed by atoms with Gasteiger partial charge in [-0.25, -0.2) is 4.39 Å². The van der Waals surface area contributed by atoms with Crippen molar-refractivity contribution >= 4 is 0 Å². The van der Waals surface area contributed by atoms with Gasteiger partial charge in [-0.3, -0.25) is 0 Å². The van der Waals surface area contributed by atoms with Crippen LogP contribution in [0, 0.1) is 17.1 Å². The van der Waals surface area contributed by atoms with Gasteiger partial charge in [0.1, 0.15) is 24.1 Å². The zero-order valence-electron chi connectivity index (χ0n) is 22.7. The number of rotatable bonds is 16. The highest BCUT2D eigenvalue weighted by Crippen LogP contribution is 2.21. The van der Waals surface area contributed by atoms with E-state index in [1.54, 1.807) is 12.1 Å². The van der Waals surface area contributed by atoms with Crippen molar-refractivity contribution in [1.29, 1.82) is 5.26 Å². The van der Waals surface area contributed by atoms with Gasteiger partial charge in [-0.05, 0) is 62.1 Å². The van der Waals surface area contributed by atoms with Gasteiger partial charge >= 0.3 is 0 Å². The average Bonchev–Trinajstić information content (AvgIpc) is 2.94. The minimum absolute atomic E-state index is 0.0370. The van der Waals surface area contributed by atoms with E-state index in [4.69, 9.17) is 9.47 Å². The minimum atomic E-state index is -0.505. The van der Waals surface area contributed by atoms with E-state index in [-0.39, 0.29) is 29.9 Å². The number of nitrogens with zero attached hydrogens (tertiary/aromatic N) is 1. The summed E-state index contributed by atoms with van der Waals surface area (Å²) >= 11 is 0. The highest BCUT2D eigenvalue weighted by atomic mass is 19.1. The first-order valence-corrected chi connectivity index (χ1v) is 13.6. The number of nitriles is 1. The van der Waals surface area contributed by atoms with Crippen LogP contribution in [-0.4, -0.2) is 44.1 Å². The van der Waals surface area contributed by atoms with Crippen molar-refractivity contribution in [2.45, 2.75) is 64.4 Å². The lowest BCUT2D eigenvalue weighted by Crippen LogP contribution is -2.57. The van der Waals surface area contributed by atoms with Crippen molar-refractivity contribution in [1.82, 2.24) is 10.6 Å². The number of nitrogens with one attached hydrogen (secondary N) is 2. The third-order valence-electron chi connectivity index (χ3n) is 6.62. The molecule has 0 saturated carbocycles. The van der Waals surface area contributed by atoms with Crippen molar-refractivity contribution in [2.24, 2.45) is 0 Å². The lowest BCUT2D eigenvalue weighted by molar-refractivity contribution is -0.0965. The molecule has 2 unspecified atom stereocenters. The van der Waals surface area contributed by atoms with Gasteiger partial charge in [0.15, 0.2) is 0 Å². The molecule has 6 heteroatoms. The first-order chi connectivity index (χ1) is 18.6. The van der Waals surface area contributed by atoms with Crippen LogP contribution in [0.1, 0.15) is 43.0 Å². The summed E-state index contributed by atoms with van der Waals surface area (Å²) in [4.78, 5) is 0. The SMILES string of the molecule is CCN[C@H](Cc1ccccc1)C(OCC)C(OCC)[C@@H](Cc1ccccc1)NCc1ccc(F)c(C#N)c1.